The second-order valence-corrected chi connectivity index (χ2v) is 6.90. The first-order valence-electron chi connectivity index (χ1n) is 9.32. The van der Waals surface area contributed by atoms with Gasteiger partial charge < -0.3 is 10.3 Å². The fourth-order valence-electron chi connectivity index (χ4n) is 3.79. The summed E-state index contributed by atoms with van der Waals surface area (Å²) in [6.07, 6.45) is 4.05. The van der Waals surface area contributed by atoms with Crippen LogP contribution in [0.4, 0.5) is 0 Å². The summed E-state index contributed by atoms with van der Waals surface area (Å²) in [5.41, 5.74) is 10.6. The Labute approximate surface area is 149 Å². The van der Waals surface area contributed by atoms with E-state index in [2.05, 4.69) is 51.9 Å². The number of likely N-dealkylation sites (tertiary alicyclic amines) is 1. The van der Waals surface area contributed by atoms with E-state index >= 15 is 0 Å². The summed E-state index contributed by atoms with van der Waals surface area (Å²) in [5.74, 6) is 1.01. The van der Waals surface area contributed by atoms with Crippen molar-refractivity contribution in [2.75, 3.05) is 19.6 Å². The van der Waals surface area contributed by atoms with Crippen molar-refractivity contribution in [1.82, 2.24) is 14.5 Å². The Morgan fingerprint density at radius 1 is 0.920 bits per heavy atom. The highest BCUT2D eigenvalue weighted by molar-refractivity contribution is 5.80. The maximum atomic E-state index is 5.83. The molecule has 4 nitrogen and oxygen atoms in total. The standard InChI is InChI=1S/C21H26N4/c22-12-15-25-20-7-3-2-6-19(20)23-21(25)18-10-8-17(9-11-18)16-24-13-4-1-5-14-24/h2-3,6-11H,1,4-5,12-16,22H2. The van der Waals surface area contributed by atoms with Crippen LogP contribution in [0, 0.1) is 0 Å². The van der Waals surface area contributed by atoms with Crippen LogP contribution in [0.15, 0.2) is 48.5 Å². The molecule has 1 aliphatic rings. The van der Waals surface area contributed by atoms with Gasteiger partial charge in [-0.05, 0) is 43.6 Å². The number of hydrogen-bond acceptors (Lipinski definition) is 3. The molecule has 0 spiro atoms. The number of imidazole rings is 1. The Morgan fingerprint density at radius 2 is 1.68 bits per heavy atom. The Morgan fingerprint density at radius 3 is 2.44 bits per heavy atom. The minimum Gasteiger partial charge on any atom is -0.329 e. The van der Waals surface area contributed by atoms with E-state index in [4.69, 9.17) is 10.7 Å². The maximum absolute atomic E-state index is 5.83. The monoisotopic (exact) mass is 334 g/mol. The number of fused-ring (bicyclic) bond motifs is 1. The molecule has 1 fully saturated rings. The van der Waals surface area contributed by atoms with Gasteiger partial charge in [-0.1, -0.05) is 42.8 Å². The Kier molecular flexibility index (Phi) is 4.81. The van der Waals surface area contributed by atoms with E-state index in [-0.39, 0.29) is 0 Å². The summed E-state index contributed by atoms with van der Waals surface area (Å²) >= 11 is 0. The Hall–Kier alpha value is -2.17. The summed E-state index contributed by atoms with van der Waals surface area (Å²) in [6, 6.07) is 17.2. The Balaban J connectivity index is 1.61. The van der Waals surface area contributed by atoms with Crippen molar-refractivity contribution in [1.29, 1.82) is 0 Å². The topological polar surface area (TPSA) is 47.1 Å². The van der Waals surface area contributed by atoms with Gasteiger partial charge in [-0.25, -0.2) is 4.98 Å². The van der Waals surface area contributed by atoms with E-state index < -0.39 is 0 Å². The van der Waals surface area contributed by atoms with Crippen LogP contribution in [0.1, 0.15) is 24.8 Å². The molecule has 1 aromatic heterocycles. The first-order chi connectivity index (χ1) is 12.3. The smallest absolute Gasteiger partial charge is 0.141 e. The fourth-order valence-corrected chi connectivity index (χ4v) is 3.79. The highest BCUT2D eigenvalue weighted by Crippen LogP contribution is 2.25. The van der Waals surface area contributed by atoms with Crippen molar-refractivity contribution in [2.24, 2.45) is 5.73 Å². The number of nitrogens with two attached hydrogens (primary N) is 1. The molecule has 0 atom stereocenters. The third-order valence-corrected chi connectivity index (χ3v) is 5.07. The summed E-state index contributed by atoms with van der Waals surface area (Å²) < 4.78 is 2.23. The minimum absolute atomic E-state index is 0.612. The summed E-state index contributed by atoms with van der Waals surface area (Å²) in [5, 5.41) is 0. The van der Waals surface area contributed by atoms with Crippen molar-refractivity contribution >= 4 is 11.0 Å². The molecule has 4 heteroatoms. The molecule has 2 aromatic carbocycles. The van der Waals surface area contributed by atoms with Gasteiger partial charge in [0.05, 0.1) is 11.0 Å². The molecule has 130 valence electrons. The van der Waals surface area contributed by atoms with Crippen LogP contribution in [-0.4, -0.2) is 34.1 Å². The molecule has 0 amide bonds. The first kappa shape index (κ1) is 16.3. The van der Waals surface area contributed by atoms with Gasteiger partial charge in [0.2, 0.25) is 0 Å². The number of piperidine rings is 1. The lowest BCUT2D eigenvalue weighted by atomic mass is 10.1. The summed E-state index contributed by atoms with van der Waals surface area (Å²) in [4.78, 5) is 7.40. The molecule has 2 N–H and O–H groups in total. The molecule has 4 rings (SSSR count). The molecule has 0 bridgehead atoms. The number of aromatic nitrogens is 2. The highest BCUT2D eigenvalue weighted by Gasteiger charge is 2.13. The predicted molar refractivity (Wildman–Crippen MR) is 103 cm³/mol. The van der Waals surface area contributed by atoms with Gasteiger partial charge in [0.15, 0.2) is 0 Å². The molecule has 1 aliphatic heterocycles. The number of hydrogen-bond donors (Lipinski definition) is 1. The second-order valence-electron chi connectivity index (χ2n) is 6.90. The van der Waals surface area contributed by atoms with Gasteiger partial charge in [-0.2, -0.15) is 0 Å². The quantitative estimate of drug-likeness (QED) is 0.775. The van der Waals surface area contributed by atoms with Crippen LogP contribution in [0.25, 0.3) is 22.4 Å². The van der Waals surface area contributed by atoms with Gasteiger partial charge in [0.25, 0.3) is 0 Å². The number of nitrogens with zero attached hydrogens (tertiary/aromatic N) is 3. The third kappa shape index (κ3) is 3.46. The predicted octanol–water partition coefficient (Wildman–Crippen LogP) is 3.65. The average Bonchev–Trinajstić information content (AvgIpc) is 3.02. The van der Waals surface area contributed by atoms with E-state index in [1.807, 2.05) is 6.07 Å². The lowest BCUT2D eigenvalue weighted by molar-refractivity contribution is 0.221. The molecule has 0 unspecified atom stereocenters. The lowest BCUT2D eigenvalue weighted by Gasteiger charge is -2.26. The minimum atomic E-state index is 0.612. The van der Waals surface area contributed by atoms with Crippen LogP contribution in [0.3, 0.4) is 0 Å². The normalized spacial score (nSPS) is 15.7. The van der Waals surface area contributed by atoms with Crippen LogP contribution < -0.4 is 5.73 Å². The zero-order chi connectivity index (χ0) is 17.1. The number of para-hydroxylation sites is 2. The molecule has 0 saturated carbocycles. The van der Waals surface area contributed by atoms with Crippen molar-refractivity contribution < 1.29 is 0 Å². The first-order valence-corrected chi connectivity index (χ1v) is 9.32. The van der Waals surface area contributed by atoms with Gasteiger partial charge in [0, 0.05) is 25.2 Å². The van der Waals surface area contributed by atoms with Crippen LogP contribution in [0.2, 0.25) is 0 Å². The molecule has 3 aromatic rings. The summed E-state index contributed by atoms with van der Waals surface area (Å²) in [7, 11) is 0. The molecule has 25 heavy (non-hydrogen) atoms. The highest BCUT2D eigenvalue weighted by atomic mass is 15.1. The van der Waals surface area contributed by atoms with Crippen LogP contribution in [-0.2, 0) is 13.1 Å². The van der Waals surface area contributed by atoms with Crippen molar-refractivity contribution in [3.05, 3.63) is 54.1 Å². The van der Waals surface area contributed by atoms with E-state index in [1.165, 1.54) is 37.9 Å². The maximum Gasteiger partial charge on any atom is 0.141 e. The zero-order valence-electron chi connectivity index (χ0n) is 14.7. The van der Waals surface area contributed by atoms with Crippen LogP contribution in [0.5, 0.6) is 0 Å². The second kappa shape index (κ2) is 7.38. The van der Waals surface area contributed by atoms with E-state index in [1.54, 1.807) is 0 Å². The van der Waals surface area contributed by atoms with Gasteiger partial charge in [0.1, 0.15) is 5.82 Å². The SMILES string of the molecule is NCCn1c(-c2ccc(CN3CCCCC3)cc2)nc2ccccc21. The van der Waals surface area contributed by atoms with E-state index in [0.717, 1.165) is 35.5 Å². The number of benzene rings is 2. The fraction of sp³-hybridized carbons (Fsp3) is 0.381. The van der Waals surface area contributed by atoms with Crippen molar-refractivity contribution in [3.63, 3.8) is 0 Å². The van der Waals surface area contributed by atoms with E-state index in [9.17, 15) is 0 Å². The molecular formula is C21H26N4. The van der Waals surface area contributed by atoms with Gasteiger partial charge >= 0.3 is 0 Å². The zero-order valence-corrected chi connectivity index (χ0v) is 14.7. The van der Waals surface area contributed by atoms with Crippen molar-refractivity contribution in [2.45, 2.75) is 32.4 Å². The van der Waals surface area contributed by atoms with Gasteiger partial charge in [-0.3, -0.25) is 4.90 Å². The molecule has 0 radical (unpaired) electrons. The van der Waals surface area contributed by atoms with Crippen LogP contribution >= 0.6 is 0 Å². The molecule has 0 aliphatic carbocycles. The Bertz CT molecular complexity index is 829. The lowest BCUT2D eigenvalue weighted by Crippen LogP contribution is -2.29. The molecule has 2 heterocycles. The third-order valence-electron chi connectivity index (χ3n) is 5.07. The summed E-state index contributed by atoms with van der Waals surface area (Å²) in [6.45, 7) is 4.91. The van der Waals surface area contributed by atoms with E-state index in [0.29, 0.717) is 6.54 Å². The average molecular weight is 334 g/mol. The number of rotatable bonds is 5. The van der Waals surface area contributed by atoms with Gasteiger partial charge in [-0.15, -0.1) is 0 Å². The largest absolute Gasteiger partial charge is 0.329 e. The molecule has 1 saturated heterocycles. The molecular weight excluding hydrogens is 308 g/mol. The van der Waals surface area contributed by atoms with Crippen molar-refractivity contribution in [3.8, 4) is 11.4 Å².